The van der Waals surface area contributed by atoms with Crippen LogP contribution in [0.4, 0.5) is 0 Å². The molecule has 0 fully saturated rings. The maximum atomic E-state index is 5.68. The highest BCUT2D eigenvalue weighted by Gasteiger charge is 2.13. The first-order valence-corrected chi connectivity index (χ1v) is 10.1. The van der Waals surface area contributed by atoms with Gasteiger partial charge in [-0.2, -0.15) is 0 Å². The molecule has 1 aromatic rings. The van der Waals surface area contributed by atoms with Gasteiger partial charge in [-0.25, -0.2) is 0 Å². The first-order chi connectivity index (χ1) is 5.18. The molecule has 11 heavy (non-hydrogen) atoms. The average molecular weight is 314 g/mol. The molecule has 0 aromatic heterocycles. The topological polar surface area (TPSA) is 9.23 Å². The zero-order valence-electron chi connectivity index (χ0n) is 5.43. The van der Waals surface area contributed by atoms with Crippen molar-refractivity contribution in [1.82, 2.24) is 0 Å². The van der Waals surface area contributed by atoms with E-state index in [2.05, 4.69) is 28.1 Å². The van der Waals surface area contributed by atoms with Gasteiger partial charge < -0.3 is 3.79 Å². The molecule has 0 saturated carbocycles. The number of hydrogen-bond donors (Lipinski definition) is 0. The fourth-order valence-corrected chi connectivity index (χ4v) is 2.40. The zero-order valence-corrected chi connectivity index (χ0v) is 10.5. The summed E-state index contributed by atoms with van der Waals surface area (Å²) in [5.74, 6) is 0.833. The van der Waals surface area contributed by atoms with Crippen molar-refractivity contribution in [2.45, 2.75) is 0 Å². The molecule has 0 spiro atoms. The Hall–Kier alpha value is 0.802. The van der Waals surface area contributed by atoms with Crippen molar-refractivity contribution in [2.75, 3.05) is 0 Å². The van der Waals surface area contributed by atoms with Crippen LogP contribution >= 0.6 is 39.7 Å². The first kappa shape index (κ1) is 9.89. The molecular formula is C6H4AlBr2ClO. The van der Waals surface area contributed by atoms with Crippen LogP contribution in [0.2, 0.25) is 5.02 Å². The van der Waals surface area contributed by atoms with Gasteiger partial charge in [-0.1, -0.05) is 11.6 Å². The van der Waals surface area contributed by atoms with Crippen LogP contribution in [0.25, 0.3) is 0 Å². The second-order valence-corrected chi connectivity index (χ2v) is 11.7. The minimum absolute atomic E-state index is 0.722. The Morgan fingerprint density at radius 1 is 1.18 bits per heavy atom. The van der Waals surface area contributed by atoms with E-state index in [1.54, 1.807) is 12.1 Å². The van der Waals surface area contributed by atoms with Crippen molar-refractivity contribution in [3.05, 3.63) is 29.3 Å². The lowest BCUT2D eigenvalue weighted by molar-refractivity contribution is 0.608. The van der Waals surface area contributed by atoms with Crippen LogP contribution in [-0.4, -0.2) is 10.8 Å². The molecule has 0 atom stereocenters. The largest absolute Gasteiger partial charge is 0.740 e. The Balaban J connectivity index is 2.66. The molecule has 0 unspecified atom stereocenters. The van der Waals surface area contributed by atoms with Crippen molar-refractivity contribution in [3.63, 3.8) is 0 Å². The molecule has 0 saturated heterocycles. The van der Waals surface area contributed by atoms with Gasteiger partial charge in [-0.3, -0.25) is 0 Å². The summed E-state index contributed by atoms with van der Waals surface area (Å²) in [5.41, 5.74) is 0. The van der Waals surface area contributed by atoms with Crippen molar-refractivity contribution >= 4 is 50.5 Å². The first-order valence-electron chi connectivity index (χ1n) is 2.89. The van der Waals surface area contributed by atoms with Crippen LogP contribution in [-0.2, 0) is 0 Å². The van der Waals surface area contributed by atoms with E-state index >= 15 is 0 Å². The molecule has 0 heterocycles. The second kappa shape index (κ2) is 4.74. The SMILES string of the molecule is Clc1ccc([O][Al]([Br])[Br])cc1. The van der Waals surface area contributed by atoms with Crippen molar-refractivity contribution in [2.24, 2.45) is 0 Å². The third-order valence-electron chi connectivity index (χ3n) is 1.04. The fraction of sp³-hybridized carbons (Fsp3) is 0. The van der Waals surface area contributed by atoms with Crippen molar-refractivity contribution < 1.29 is 3.79 Å². The van der Waals surface area contributed by atoms with Crippen LogP contribution in [0, 0.1) is 0 Å². The Morgan fingerprint density at radius 3 is 2.18 bits per heavy atom. The van der Waals surface area contributed by atoms with Crippen molar-refractivity contribution in [1.29, 1.82) is 0 Å². The summed E-state index contributed by atoms with van der Waals surface area (Å²) in [7, 11) is -1.33. The maximum absolute atomic E-state index is 5.68. The van der Waals surface area contributed by atoms with Gasteiger partial charge >= 0.3 is 10.8 Å². The van der Waals surface area contributed by atoms with Gasteiger partial charge in [0.05, 0.1) is 5.75 Å². The Bertz CT molecular complexity index is 227. The monoisotopic (exact) mass is 312 g/mol. The number of rotatable bonds is 2. The Kier molecular flexibility index (Phi) is 4.26. The molecule has 1 aromatic carbocycles. The summed E-state index contributed by atoms with van der Waals surface area (Å²) in [6.07, 6.45) is 0. The van der Waals surface area contributed by atoms with E-state index in [-0.39, 0.29) is 0 Å². The second-order valence-electron chi connectivity index (χ2n) is 1.83. The Labute approximate surface area is 88.7 Å². The summed E-state index contributed by atoms with van der Waals surface area (Å²) in [5, 5.41) is 0.722. The molecule has 0 aliphatic heterocycles. The molecule has 1 nitrogen and oxygen atoms in total. The molecule has 0 bridgehead atoms. The summed E-state index contributed by atoms with van der Waals surface area (Å²) in [6, 6.07) is 7.27. The van der Waals surface area contributed by atoms with E-state index < -0.39 is 10.8 Å². The smallest absolute Gasteiger partial charge is 0.627 e. The van der Waals surface area contributed by atoms with Crippen LogP contribution in [0.5, 0.6) is 5.75 Å². The zero-order chi connectivity index (χ0) is 8.27. The average Bonchev–Trinajstić information content (AvgIpc) is 1.93. The molecule has 0 aliphatic carbocycles. The predicted molar refractivity (Wildman–Crippen MR) is 55.7 cm³/mol. The third kappa shape index (κ3) is 3.82. The van der Waals surface area contributed by atoms with E-state index in [0.29, 0.717) is 0 Å². The quantitative estimate of drug-likeness (QED) is 0.759. The molecule has 0 N–H and O–H groups in total. The molecule has 0 aliphatic rings. The van der Waals surface area contributed by atoms with E-state index in [0.717, 1.165) is 10.8 Å². The van der Waals surface area contributed by atoms with Crippen LogP contribution in [0.15, 0.2) is 24.3 Å². The van der Waals surface area contributed by atoms with Gasteiger partial charge in [0.1, 0.15) is 0 Å². The fourth-order valence-electron chi connectivity index (χ4n) is 0.616. The van der Waals surface area contributed by atoms with Gasteiger partial charge in [0.15, 0.2) is 0 Å². The van der Waals surface area contributed by atoms with Gasteiger partial charge in [0.25, 0.3) is 0 Å². The lowest BCUT2D eigenvalue weighted by Gasteiger charge is -2.04. The lowest BCUT2D eigenvalue weighted by Crippen LogP contribution is -2.03. The van der Waals surface area contributed by atoms with E-state index in [4.69, 9.17) is 15.4 Å². The molecule has 0 radical (unpaired) electrons. The third-order valence-corrected chi connectivity index (χ3v) is 2.86. The Morgan fingerprint density at radius 2 is 1.73 bits per heavy atom. The van der Waals surface area contributed by atoms with Gasteiger partial charge in [0.2, 0.25) is 0 Å². The van der Waals surface area contributed by atoms with Crippen LogP contribution < -0.4 is 3.79 Å². The summed E-state index contributed by atoms with van der Waals surface area (Å²) >= 11 is 12.3. The van der Waals surface area contributed by atoms with Crippen LogP contribution in [0.1, 0.15) is 0 Å². The summed E-state index contributed by atoms with van der Waals surface area (Å²) < 4.78 is 5.38. The van der Waals surface area contributed by atoms with Crippen LogP contribution in [0.3, 0.4) is 0 Å². The van der Waals surface area contributed by atoms with E-state index in [1.807, 2.05) is 12.1 Å². The normalized spacial score (nSPS) is 9.36. The minimum Gasteiger partial charge on any atom is -0.627 e. The lowest BCUT2D eigenvalue weighted by atomic mass is 10.3. The number of benzene rings is 1. The summed E-state index contributed by atoms with van der Waals surface area (Å²) in [6.45, 7) is 0. The highest BCUT2D eigenvalue weighted by atomic mass is 79.9. The predicted octanol–water partition coefficient (Wildman–Crippen LogP) is 3.49. The highest BCUT2D eigenvalue weighted by molar-refractivity contribution is 9.48. The van der Waals surface area contributed by atoms with Crippen molar-refractivity contribution in [3.8, 4) is 5.75 Å². The van der Waals surface area contributed by atoms with Gasteiger partial charge in [-0.15, -0.1) is 28.1 Å². The summed E-state index contributed by atoms with van der Waals surface area (Å²) in [4.78, 5) is 0. The number of halogens is 3. The standard InChI is InChI=1S/C6H5ClO.Al.2BrH/c7-5-1-3-6(8)4-2-5;;;/h1-4,8H;;2*1H/q;+3;;/p-3. The molecule has 5 heteroatoms. The maximum Gasteiger partial charge on any atom is 0.740 e. The van der Waals surface area contributed by atoms with E-state index in [1.165, 1.54) is 0 Å². The van der Waals surface area contributed by atoms with E-state index in [9.17, 15) is 0 Å². The minimum atomic E-state index is -1.33. The molecule has 1 rings (SSSR count). The van der Waals surface area contributed by atoms with Gasteiger partial charge in [0, 0.05) is 5.02 Å². The number of hydrogen-bond acceptors (Lipinski definition) is 1. The highest BCUT2D eigenvalue weighted by Crippen LogP contribution is 2.18. The molecular weight excluding hydrogens is 310 g/mol. The molecule has 58 valence electrons. The molecule has 0 amide bonds. The van der Waals surface area contributed by atoms with Gasteiger partial charge in [-0.05, 0) is 24.3 Å².